The van der Waals surface area contributed by atoms with Crippen LogP contribution in [0.4, 0.5) is 5.69 Å². The summed E-state index contributed by atoms with van der Waals surface area (Å²) in [4.78, 5) is 2.16. The fourth-order valence-corrected chi connectivity index (χ4v) is 4.61. The molecule has 1 heterocycles. The van der Waals surface area contributed by atoms with Crippen LogP contribution < -0.4 is 4.90 Å². The first-order valence-electron chi connectivity index (χ1n) is 7.63. The second-order valence-corrected chi connectivity index (χ2v) is 8.35. The number of rotatable bonds is 3. The van der Waals surface area contributed by atoms with Crippen LogP contribution in [0.5, 0.6) is 0 Å². The number of piperazine rings is 1. The molecule has 0 N–H and O–H groups in total. The summed E-state index contributed by atoms with van der Waals surface area (Å²) >= 11 is 11.8. The number of hydrogen-bond donors (Lipinski definition) is 0. The minimum atomic E-state index is -3.62. The molecule has 1 saturated heterocycles. The molecule has 1 fully saturated rings. The summed E-state index contributed by atoms with van der Waals surface area (Å²) in [6.07, 6.45) is 0. The molecule has 0 radical (unpaired) electrons. The van der Waals surface area contributed by atoms with E-state index in [0.29, 0.717) is 36.8 Å². The molecule has 0 spiro atoms. The highest BCUT2D eigenvalue weighted by Gasteiger charge is 2.29. The van der Waals surface area contributed by atoms with E-state index in [4.69, 9.17) is 23.2 Å². The maximum atomic E-state index is 12.8. The fraction of sp³-hybridized carbons (Fsp3) is 0.235. The summed E-state index contributed by atoms with van der Waals surface area (Å²) in [5.41, 5.74) is 1.42. The van der Waals surface area contributed by atoms with E-state index in [1.54, 1.807) is 6.07 Å². The zero-order valence-electron chi connectivity index (χ0n) is 13.2. The van der Waals surface area contributed by atoms with E-state index in [-0.39, 0.29) is 9.92 Å². The van der Waals surface area contributed by atoms with Crippen LogP contribution in [-0.2, 0) is 10.0 Å². The van der Waals surface area contributed by atoms with Crippen molar-refractivity contribution in [1.29, 1.82) is 5.26 Å². The predicted octanol–water partition coefficient (Wildman–Crippen LogP) is 3.38. The fourth-order valence-electron chi connectivity index (χ4n) is 2.80. The van der Waals surface area contributed by atoms with Crippen LogP contribution in [0.3, 0.4) is 0 Å². The third-order valence-corrected chi connectivity index (χ3v) is 6.77. The highest BCUT2D eigenvalue weighted by atomic mass is 35.5. The van der Waals surface area contributed by atoms with Crippen LogP contribution in [0.15, 0.2) is 47.4 Å². The van der Waals surface area contributed by atoms with Gasteiger partial charge in [0, 0.05) is 26.2 Å². The average molecular weight is 396 g/mol. The minimum absolute atomic E-state index is 0.132. The number of nitrogens with zero attached hydrogens (tertiary/aromatic N) is 3. The van der Waals surface area contributed by atoms with Crippen molar-refractivity contribution in [2.75, 3.05) is 31.1 Å². The van der Waals surface area contributed by atoms with E-state index in [9.17, 15) is 13.7 Å². The van der Waals surface area contributed by atoms with Gasteiger partial charge < -0.3 is 4.90 Å². The average Bonchev–Trinajstić information content (AvgIpc) is 2.64. The molecule has 1 aliphatic rings. The maximum Gasteiger partial charge on any atom is 0.243 e. The normalized spacial score (nSPS) is 15.8. The van der Waals surface area contributed by atoms with Crippen molar-refractivity contribution in [3.63, 3.8) is 0 Å². The third kappa shape index (κ3) is 3.60. The number of hydrogen-bond acceptors (Lipinski definition) is 4. The predicted molar refractivity (Wildman–Crippen MR) is 98.6 cm³/mol. The zero-order chi connectivity index (χ0) is 18.0. The lowest BCUT2D eigenvalue weighted by Crippen LogP contribution is -2.48. The number of benzene rings is 2. The molecule has 1 aliphatic heterocycles. The topological polar surface area (TPSA) is 64.4 Å². The summed E-state index contributed by atoms with van der Waals surface area (Å²) in [7, 11) is -3.62. The highest BCUT2D eigenvalue weighted by Crippen LogP contribution is 2.28. The van der Waals surface area contributed by atoms with Crippen LogP contribution in [-0.4, -0.2) is 38.9 Å². The molecule has 3 rings (SSSR count). The first-order valence-corrected chi connectivity index (χ1v) is 9.82. The molecule has 8 heteroatoms. The third-order valence-electron chi connectivity index (χ3n) is 4.13. The monoisotopic (exact) mass is 395 g/mol. The van der Waals surface area contributed by atoms with Gasteiger partial charge in [0.15, 0.2) is 0 Å². The summed E-state index contributed by atoms with van der Waals surface area (Å²) < 4.78 is 27.0. The van der Waals surface area contributed by atoms with E-state index in [0.717, 1.165) is 5.69 Å². The Bertz CT molecular complexity index is 933. The largest absolute Gasteiger partial charge is 0.368 e. The molecule has 0 aromatic heterocycles. The quantitative estimate of drug-likeness (QED) is 0.798. The van der Waals surface area contributed by atoms with Crippen molar-refractivity contribution >= 4 is 38.9 Å². The second-order valence-electron chi connectivity index (χ2n) is 5.60. The SMILES string of the molecule is N#Cc1ccccc1N1CCN(S(=O)(=O)c2ccc(Cl)c(Cl)c2)CC1. The van der Waals surface area contributed by atoms with Gasteiger partial charge in [0.25, 0.3) is 0 Å². The molecular formula is C17H15Cl2N3O2S. The smallest absolute Gasteiger partial charge is 0.243 e. The standard InChI is InChI=1S/C17H15Cl2N3O2S/c18-15-6-5-14(11-16(15)19)25(23,24)22-9-7-21(8-10-22)17-4-2-1-3-13(17)12-20/h1-6,11H,7-10H2. The molecule has 130 valence electrons. The Hall–Kier alpha value is -1.78. The van der Waals surface area contributed by atoms with Gasteiger partial charge in [-0.1, -0.05) is 35.3 Å². The van der Waals surface area contributed by atoms with Gasteiger partial charge >= 0.3 is 0 Å². The summed E-state index contributed by atoms with van der Waals surface area (Å²) in [6.45, 7) is 1.70. The van der Waals surface area contributed by atoms with E-state index in [1.165, 1.54) is 22.5 Å². The van der Waals surface area contributed by atoms with Gasteiger partial charge in [-0.3, -0.25) is 0 Å². The molecule has 5 nitrogen and oxygen atoms in total. The van der Waals surface area contributed by atoms with Gasteiger partial charge in [0.05, 0.1) is 26.2 Å². The zero-order valence-corrected chi connectivity index (χ0v) is 15.5. The summed E-state index contributed by atoms with van der Waals surface area (Å²) in [5, 5.41) is 9.75. The minimum Gasteiger partial charge on any atom is -0.368 e. The van der Waals surface area contributed by atoms with Crippen molar-refractivity contribution in [2.24, 2.45) is 0 Å². The highest BCUT2D eigenvalue weighted by molar-refractivity contribution is 7.89. The Balaban J connectivity index is 1.77. The van der Waals surface area contributed by atoms with Crippen LogP contribution in [0.25, 0.3) is 0 Å². The maximum absolute atomic E-state index is 12.8. The number of sulfonamides is 1. The van der Waals surface area contributed by atoms with Gasteiger partial charge in [0.1, 0.15) is 6.07 Å². The lowest BCUT2D eigenvalue weighted by molar-refractivity contribution is 0.385. The van der Waals surface area contributed by atoms with Gasteiger partial charge in [-0.25, -0.2) is 8.42 Å². The molecule has 2 aromatic carbocycles. The van der Waals surface area contributed by atoms with Gasteiger partial charge in [0.2, 0.25) is 10.0 Å². The van der Waals surface area contributed by atoms with E-state index in [1.807, 2.05) is 23.1 Å². The van der Waals surface area contributed by atoms with Crippen LogP contribution in [0.1, 0.15) is 5.56 Å². The molecule has 0 bridgehead atoms. The second kappa shape index (κ2) is 7.22. The Morgan fingerprint density at radius 3 is 2.28 bits per heavy atom. The van der Waals surface area contributed by atoms with E-state index >= 15 is 0 Å². The van der Waals surface area contributed by atoms with Gasteiger partial charge in [-0.2, -0.15) is 9.57 Å². The molecule has 0 amide bonds. The Kier molecular flexibility index (Phi) is 5.21. The molecule has 25 heavy (non-hydrogen) atoms. The van der Waals surface area contributed by atoms with Crippen LogP contribution in [0.2, 0.25) is 10.0 Å². The van der Waals surface area contributed by atoms with Crippen molar-refractivity contribution < 1.29 is 8.42 Å². The van der Waals surface area contributed by atoms with E-state index in [2.05, 4.69) is 6.07 Å². The molecule has 0 atom stereocenters. The van der Waals surface area contributed by atoms with Crippen molar-refractivity contribution in [2.45, 2.75) is 4.90 Å². The Morgan fingerprint density at radius 2 is 1.64 bits per heavy atom. The molecule has 0 saturated carbocycles. The molecule has 0 aliphatic carbocycles. The van der Waals surface area contributed by atoms with Crippen LogP contribution in [0, 0.1) is 11.3 Å². The van der Waals surface area contributed by atoms with Crippen LogP contribution >= 0.6 is 23.2 Å². The van der Waals surface area contributed by atoms with Crippen molar-refractivity contribution in [3.05, 3.63) is 58.1 Å². The first-order chi connectivity index (χ1) is 11.9. The number of para-hydroxylation sites is 1. The van der Waals surface area contributed by atoms with Crippen molar-refractivity contribution in [3.8, 4) is 6.07 Å². The van der Waals surface area contributed by atoms with Gasteiger partial charge in [-0.05, 0) is 30.3 Å². The molecule has 2 aromatic rings. The molecule has 0 unspecified atom stereocenters. The Morgan fingerprint density at radius 1 is 0.960 bits per heavy atom. The van der Waals surface area contributed by atoms with E-state index < -0.39 is 10.0 Å². The Labute approximate surface area is 157 Å². The number of nitriles is 1. The number of halogens is 2. The van der Waals surface area contributed by atoms with Gasteiger partial charge in [-0.15, -0.1) is 0 Å². The molecular weight excluding hydrogens is 381 g/mol. The first kappa shape index (κ1) is 18.0. The lowest BCUT2D eigenvalue weighted by atomic mass is 10.1. The lowest BCUT2D eigenvalue weighted by Gasteiger charge is -2.35. The number of anilines is 1. The van der Waals surface area contributed by atoms with Crippen molar-refractivity contribution in [1.82, 2.24) is 4.31 Å². The summed E-state index contributed by atoms with van der Waals surface area (Å²) in [5.74, 6) is 0. The summed E-state index contributed by atoms with van der Waals surface area (Å²) in [6, 6.07) is 13.8.